The molecule has 1 N–H and O–H groups in total. The Labute approximate surface area is 173 Å². The normalized spacial score (nSPS) is 15.1. The van der Waals surface area contributed by atoms with Crippen molar-refractivity contribution in [3.8, 4) is 5.75 Å². The first kappa shape index (κ1) is 20.7. The van der Waals surface area contributed by atoms with Crippen molar-refractivity contribution in [2.45, 2.75) is 23.1 Å². The zero-order valence-electron chi connectivity index (χ0n) is 16.2. The van der Waals surface area contributed by atoms with E-state index in [2.05, 4.69) is 5.32 Å². The lowest BCUT2D eigenvalue weighted by Crippen LogP contribution is -2.33. The summed E-state index contributed by atoms with van der Waals surface area (Å²) in [7, 11) is 3.20. The number of hydrogen-bond acceptors (Lipinski definition) is 6. The number of para-hydroxylation sites is 2. The molecular formula is C21H22N2O5S. The first-order valence-corrected chi connectivity index (χ1v) is 9.94. The summed E-state index contributed by atoms with van der Waals surface area (Å²) in [6, 6.07) is 14.8. The van der Waals surface area contributed by atoms with E-state index in [-0.39, 0.29) is 24.8 Å². The number of nitrogens with zero attached hydrogens (tertiary/aromatic N) is 1. The molecule has 3 rings (SSSR count). The fraction of sp³-hybridized carbons (Fsp3) is 0.286. The molecule has 152 valence electrons. The van der Waals surface area contributed by atoms with Crippen molar-refractivity contribution in [1.82, 2.24) is 4.90 Å². The van der Waals surface area contributed by atoms with Crippen LogP contribution in [0.25, 0.3) is 0 Å². The molecule has 1 aliphatic heterocycles. The summed E-state index contributed by atoms with van der Waals surface area (Å²) in [6.45, 7) is -0.0435. The summed E-state index contributed by atoms with van der Waals surface area (Å²) < 4.78 is 10.4. The third-order valence-electron chi connectivity index (χ3n) is 4.44. The summed E-state index contributed by atoms with van der Waals surface area (Å²) in [6.07, 6.45) is -0.103. The molecule has 0 spiro atoms. The van der Waals surface area contributed by atoms with Crippen molar-refractivity contribution in [3.05, 3.63) is 54.1 Å². The lowest BCUT2D eigenvalue weighted by molar-refractivity contribution is -0.152. The van der Waals surface area contributed by atoms with Gasteiger partial charge < -0.3 is 19.7 Å². The van der Waals surface area contributed by atoms with Crippen LogP contribution in [0.5, 0.6) is 5.75 Å². The van der Waals surface area contributed by atoms with E-state index < -0.39 is 11.2 Å². The minimum Gasteiger partial charge on any atom is -0.496 e. The zero-order chi connectivity index (χ0) is 20.8. The second-order valence-electron chi connectivity index (χ2n) is 6.52. The highest BCUT2D eigenvalue weighted by atomic mass is 32.2. The monoisotopic (exact) mass is 414 g/mol. The molecule has 2 aromatic rings. The molecule has 0 aromatic heterocycles. The summed E-state index contributed by atoms with van der Waals surface area (Å²) in [4.78, 5) is 39.0. The Bertz CT molecular complexity index is 917. The van der Waals surface area contributed by atoms with Gasteiger partial charge in [-0.2, -0.15) is 0 Å². The molecule has 0 bridgehead atoms. The molecule has 0 saturated carbocycles. The molecule has 0 unspecified atom stereocenters. The summed E-state index contributed by atoms with van der Waals surface area (Å²) in [5, 5.41) is 2.20. The van der Waals surface area contributed by atoms with Crippen LogP contribution in [0.15, 0.2) is 53.4 Å². The smallest absolute Gasteiger partial charge is 0.307 e. The Kier molecular flexibility index (Phi) is 6.77. The molecule has 7 nitrogen and oxygen atoms in total. The van der Waals surface area contributed by atoms with Gasteiger partial charge in [0.05, 0.1) is 24.5 Å². The molecule has 2 amide bonds. The Morgan fingerprint density at radius 1 is 1.14 bits per heavy atom. The van der Waals surface area contributed by atoms with Crippen LogP contribution in [0.1, 0.15) is 12.0 Å². The molecule has 0 saturated heterocycles. The third kappa shape index (κ3) is 5.29. The van der Waals surface area contributed by atoms with Crippen LogP contribution < -0.4 is 10.1 Å². The molecule has 0 aliphatic carbocycles. The van der Waals surface area contributed by atoms with E-state index in [0.29, 0.717) is 12.3 Å². The standard InChI is InChI=1S/C21H22N2O5S/c1-23(12-14-7-3-5-9-16(14)27-2)19(24)13-28-20(25)11-18-21(26)22-15-8-4-6-10-17(15)29-18/h3-10,18H,11-13H2,1-2H3,(H,22,26)/t18-/m0/s1. The maximum atomic E-state index is 12.3. The van der Waals surface area contributed by atoms with Gasteiger partial charge in [0.1, 0.15) is 5.75 Å². The average molecular weight is 414 g/mol. The zero-order valence-corrected chi connectivity index (χ0v) is 17.0. The number of thioether (sulfide) groups is 1. The average Bonchev–Trinajstić information content (AvgIpc) is 2.72. The SMILES string of the molecule is COc1ccccc1CN(C)C(=O)COC(=O)C[C@@H]1Sc2ccccc2NC1=O. The van der Waals surface area contributed by atoms with Crippen molar-refractivity contribution >= 4 is 35.2 Å². The minimum atomic E-state index is -0.587. The summed E-state index contributed by atoms with van der Waals surface area (Å²) in [5.74, 6) is -0.485. The van der Waals surface area contributed by atoms with Crippen LogP contribution >= 0.6 is 11.8 Å². The minimum absolute atomic E-state index is 0.103. The fourth-order valence-electron chi connectivity index (χ4n) is 2.87. The number of hydrogen-bond donors (Lipinski definition) is 1. The molecule has 2 aromatic carbocycles. The number of fused-ring (bicyclic) bond motifs is 1. The Morgan fingerprint density at radius 2 is 1.86 bits per heavy atom. The Hall–Kier alpha value is -3.00. The number of methoxy groups -OCH3 is 1. The molecule has 1 atom stereocenters. The van der Waals surface area contributed by atoms with E-state index in [4.69, 9.17) is 9.47 Å². The van der Waals surface area contributed by atoms with Crippen molar-refractivity contribution in [2.75, 3.05) is 26.1 Å². The van der Waals surface area contributed by atoms with Gasteiger partial charge >= 0.3 is 5.97 Å². The number of esters is 1. The lowest BCUT2D eigenvalue weighted by Gasteiger charge is -2.23. The highest BCUT2D eigenvalue weighted by molar-refractivity contribution is 8.01. The second kappa shape index (κ2) is 9.47. The van der Waals surface area contributed by atoms with E-state index in [1.54, 1.807) is 14.2 Å². The largest absolute Gasteiger partial charge is 0.496 e. The number of anilines is 1. The molecule has 1 heterocycles. The van der Waals surface area contributed by atoms with Gasteiger partial charge in [0.2, 0.25) is 5.91 Å². The number of rotatable bonds is 7. The fourth-order valence-corrected chi connectivity index (χ4v) is 3.96. The van der Waals surface area contributed by atoms with E-state index in [1.807, 2.05) is 48.5 Å². The Morgan fingerprint density at radius 3 is 2.66 bits per heavy atom. The lowest BCUT2D eigenvalue weighted by atomic mass is 10.2. The van der Waals surface area contributed by atoms with Crippen molar-refractivity contribution in [2.24, 2.45) is 0 Å². The summed E-state index contributed by atoms with van der Waals surface area (Å²) in [5.41, 5.74) is 1.59. The number of carbonyl (C=O) groups is 3. The van der Waals surface area contributed by atoms with E-state index >= 15 is 0 Å². The molecular weight excluding hydrogens is 392 g/mol. The van der Waals surface area contributed by atoms with E-state index in [0.717, 1.165) is 16.1 Å². The van der Waals surface area contributed by atoms with Crippen molar-refractivity contribution in [1.29, 1.82) is 0 Å². The van der Waals surface area contributed by atoms with Gasteiger partial charge in [-0.1, -0.05) is 30.3 Å². The van der Waals surface area contributed by atoms with Gasteiger partial charge in [0, 0.05) is 24.1 Å². The van der Waals surface area contributed by atoms with Crippen LogP contribution in [0.2, 0.25) is 0 Å². The number of benzene rings is 2. The van der Waals surface area contributed by atoms with Crippen molar-refractivity contribution in [3.63, 3.8) is 0 Å². The van der Waals surface area contributed by atoms with Gasteiger partial charge in [-0.3, -0.25) is 14.4 Å². The second-order valence-corrected chi connectivity index (χ2v) is 7.76. The first-order chi connectivity index (χ1) is 14.0. The number of nitrogens with one attached hydrogen (secondary N) is 1. The van der Waals surface area contributed by atoms with Crippen LogP contribution in [0.4, 0.5) is 5.69 Å². The number of amides is 2. The molecule has 0 radical (unpaired) electrons. The summed E-state index contributed by atoms with van der Waals surface area (Å²) >= 11 is 1.32. The van der Waals surface area contributed by atoms with E-state index in [9.17, 15) is 14.4 Å². The highest BCUT2D eigenvalue weighted by Crippen LogP contribution is 2.36. The first-order valence-electron chi connectivity index (χ1n) is 9.06. The van der Waals surface area contributed by atoms with E-state index in [1.165, 1.54) is 16.7 Å². The van der Waals surface area contributed by atoms with Crippen LogP contribution in [0, 0.1) is 0 Å². The Balaban J connectivity index is 1.49. The van der Waals surface area contributed by atoms with Gasteiger partial charge in [0.25, 0.3) is 5.91 Å². The third-order valence-corrected chi connectivity index (χ3v) is 5.72. The molecule has 29 heavy (non-hydrogen) atoms. The molecule has 0 fully saturated rings. The van der Waals surface area contributed by atoms with Gasteiger partial charge in [-0.25, -0.2) is 0 Å². The predicted molar refractivity (Wildman–Crippen MR) is 110 cm³/mol. The number of ether oxygens (including phenoxy) is 2. The number of likely N-dealkylation sites (N-methyl/N-ethyl adjacent to an activating group) is 1. The van der Waals surface area contributed by atoms with Crippen LogP contribution in [-0.2, 0) is 25.7 Å². The predicted octanol–water partition coefficient (Wildman–Crippen LogP) is 2.70. The number of carbonyl (C=O) groups excluding carboxylic acids is 3. The highest BCUT2D eigenvalue weighted by Gasteiger charge is 2.29. The van der Waals surface area contributed by atoms with Crippen LogP contribution in [0.3, 0.4) is 0 Å². The molecule has 8 heteroatoms. The topological polar surface area (TPSA) is 84.9 Å². The quantitative estimate of drug-likeness (QED) is 0.702. The maximum Gasteiger partial charge on any atom is 0.307 e. The van der Waals surface area contributed by atoms with Gasteiger partial charge in [0.15, 0.2) is 6.61 Å². The maximum absolute atomic E-state index is 12.3. The van der Waals surface area contributed by atoms with Gasteiger partial charge in [-0.15, -0.1) is 11.8 Å². The van der Waals surface area contributed by atoms with Gasteiger partial charge in [-0.05, 0) is 18.2 Å². The molecule has 1 aliphatic rings. The van der Waals surface area contributed by atoms with Crippen LogP contribution in [-0.4, -0.2) is 48.7 Å². The van der Waals surface area contributed by atoms with Crippen molar-refractivity contribution < 1.29 is 23.9 Å².